The van der Waals surface area contributed by atoms with Gasteiger partial charge in [-0.05, 0) is 37.1 Å². The van der Waals surface area contributed by atoms with Crippen molar-refractivity contribution in [3.05, 3.63) is 41.2 Å². The number of fused-ring (bicyclic) bond motifs is 1. The Hall–Kier alpha value is -2.07. The van der Waals surface area contributed by atoms with Crippen molar-refractivity contribution in [1.82, 2.24) is 9.21 Å². The second-order valence-corrected chi connectivity index (χ2v) is 9.25. The molecule has 2 aromatic rings. The number of β-amino-alcohol motifs (C(OH)–C–C–N with tert-alkyl or cyclic N) is 1. The molecule has 0 amide bonds. The van der Waals surface area contributed by atoms with Crippen molar-refractivity contribution in [1.29, 1.82) is 0 Å². The molecular formula is C20H26N2O6S. The summed E-state index contributed by atoms with van der Waals surface area (Å²) in [5, 5.41) is 10.7. The van der Waals surface area contributed by atoms with Crippen molar-refractivity contribution >= 4 is 10.0 Å². The smallest absolute Gasteiger partial charge is 0.276 e. The van der Waals surface area contributed by atoms with Crippen molar-refractivity contribution in [3.63, 3.8) is 0 Å². The molecule has 0 saturated carbocycles. The van der Waals surface area contributed by atoms with Gasteiger partial charge in [0.2, 0.25) is 5.09 Å². The number of furan rings is 1. The minimum atomic E-state index is -3.58. The molecular weight excluding hydrogens is 396 g/mol. The van der Waals surface area contributed by atoms with Gasteiger partial charge in [0.25, 0.3) is 10.0 Å². The highest BCUT2D eigenvalue weighted by atomic mass is 32.2. The Balaban J connectivity index is 1.54. The summed E-state index contributed by atoms with van der Waals surface area (Å²) in [5.41, 5.74) is 1.60. The SMILES string of the molecule is COc1ccc(OC)c2c1CN(Cc1ccc(S(=O)(=O)N3CCCC3)o1)CC2O. The van der Waals surface area contributed by atoms with Crippen LogP contribution in [0.15, 0.2) is 33.8 Å². The van der Waals surface area contributed by atoms with Crippen molar-refractivity contribution in [3.8, 4) is 11.5 Å². The minimum Gasteiger partial charge on any atom is -0.496 e. The summed E-state index contributed by atoms with van der Waals surface area (Å²) in [6.07, 6.45) is 1.01. The van der Waals surface area contributed by atoms with Crippen LogP contribution in [0.1, 0.15) is 35.8 Å². The lowest BCUT2D eigenvalue weighted by Gasteiger charge is -2.33. The van der Waals surface area contributed by atoms with E-state index in [4.69, 9.17) is 13.9 Å². The number of nitrogens with zero attached hydrogens (tertiary/aromatic N) is 2. The largest absolute Gasteiger partial charge is 0.496 e. The number of ether oxygens (including phenoxy) is 2. The molecule has 1 unspecified atom stereocenters. The van der Waals surface area contributed by atoms with Crippen LogP contribution in [0.4, 0.5) is 0 Å². The van der Waals surface area contributed by atoms with E-state index >= 15 is 0 Å². The van der Waals surface area contributed by atoms with Gasteiger partial charge in [0, 0.05) is 37.3 Å². The van der Waals surface area contributed by atoms with Crippen LogP contribution in [-0.2, 0) is 23.1 Å². The van der Waals surface area contributed by atoms with Crippen molar-refractivity contribution in [2.75, 3.05) is 33.9 Å². The first-order valence-electron chi connectivity index (χ1n) is 9.67. The lowest BCUT2D eigenvalue weighted by atomic mass is 9.95. The Kier molecular flexibility index (Phi) is 5.56. The van der Waals surface area contributed by atoms with E-state index in [0.29, 0.717) is 50.0 Å². The van der Waals surface area contributed by atoms with Gasteiger partial charge in [-0.2, -0.15) is 4.31 Å². The number of sulfonamides is 1. The van der Waals surface area contributed by atoms with Crippen molar-refractivity contribution < 1.29 is 27.4 Å². The van der Waals surface area contributed by atoms with E-state index in [9.17, 15) is 13.5 Å². The van der Waals surface area contributed by atoms with Gasteiger partial charge in [0.1, 0.15) is 17.3 Å². The van der Waals surface area contributed by atoms with Gasteiger partial charge in [0.05, 0.1) is 26.9 Å². The molecule has 3 heterocycles. The van der Waals surface area contributed by atoms with Crippen LogP contribution >= 0.6 is 0 Å². The summed E-state index contributed by atoms with van der Waals surface area (Å²) in [6.45, 7) is 2.36. The molecule has 0 aliphatic carbocycles. The highest BCUT2D eigenvalue weighted by Gasteiger charge is 2.32. The molecule has 1 atom stereocenters. The van der Waals surface area contributed by atoms with Gasteiger partial charge in [-0.3, -0.25) is 4.90 Å². The second kappa shape index (κ2) is 7.98. The predicted octanol–water partition coefficient (Wildman–Crippen LogP) is 2.13. The Morgan fingerprint density at radius 3 is 2.48 bits per heavy atom. The zero-order chi connectivity index (χ0) is 20.6. The molecule has 0 bridgehead atoms. The molecule has 1 N–H and O–H groups in total. The molecule has 4 rings (SSSR count). The Morgan fingerprint density at radius 1 is 1.10 bits per heavy atom. The lowest BCUT2D eigenvalue weighted by molar-refractivity contribution is 0.0795. The first-order chi connectivity index (χ1) is 13.9. The molecule has 1 aromatic carbocycles. The lowest BCUT2D eigenvalue weighted by Crippen LogP contribution is -2.33. The standard InChI is InChI=1S/C20H26N2O6S/c1-26-17-6-7-18(27-2)20-15(17)12-21(13-16(20)23)11-14-5-8-19(28-14)29(24,25)22-9-3-4-10-22/h5-8,16,23H,3-4,9-13H2,1-2H3. The topological polar surface area (TPSA) is 92.5 Å². The van der Waals surface area contributed by atoms with E-state index in [1.807, 2.05) is 11.0 Å². The molecule has 158 valence electrons. The zero-order valence-electron chi connectivity index (χ0n) is 16.6. The summed E-state index contributed by atoms with van der Waals surface area (Å²) in [6, 6.07) is 6.81. The summed E-state index contributed by atoms with van der Waals surface area (Å²) in [4.78, 5) is 2.00. The van der Waals surface area contributed by atoms with Crippen LogP contribution in [-0.4, -0.2) is 56.6 Å². The third-order valence-corrected chi connectivity index (χ3v) is 7.31. The molecule has 2 aliphatic rings. The Morgan fingerprint density at radius 2 is 1.79 bits per heavy atom. The molecule has 1 saturated heterocycles. The van der Waals surface area contributed by atoms with Crippen LogP contribution in [0.5, 0.6) is 11.5 Å². The maximum Gasteiger partial charge on any atom is 0.276 e. The molecule has 2 aliphatic heterocycles. The zero-order valence-corrected chi connectivity index (χ0v) is 17.4. The molecule has 9 heteroatoms. The van der Waals surface area contributed by atoms with Crippen LogP contribution in [0.25, 0.3) is 0 Å². The predicted molar refractivity (Wildman–Crippen MR) is 105 cm³/mol. The summed E-state index contributed by atoms with van der Waals surface area (Å²) in [7, 11) is -0.407. The number of aliphatic hydroxyl groups is 1. The van der Waals surface area contributed by atoms with Gasteiger partial charge in [0.15, 0.2) is 0 Å². The van der Waals surface area contributed by atoms with E-state index < -0.39 is 16.1 Å². The van der Waals surface area contributed by atoms with Crippen LogP contribution in [0, 0.1) is 0 Å². The Bertz CT molecular complexity index is 981. The second-order valence-electron chi connectivity index (χ2n) is 7.38. The average molecular weight is 423 g/mol. The van der Waals surface area contributed by atoms with E-state index in [2.05, 4.69) is 0 Å². The number of benzene rings is 1. The quantitative estimate of drug-likeness (QED) is 0.762. The first kappa shape index (κ1) is 20.2. The third kappa shape index (κ3) is 3.75. The normalized spacial score (nSPS) is 20.6. The summed E-state index contributed by atoms with van der Waals surface area (Å²) < 4.78 is 43.3. The third-order valence-electron chi connectivity index (χ3n) is 5.54. The maximum atomic E-state index is 12.7. The monoisotopic (exact) mass is 422 g/mol. The van der Waals surface area contributed by atoms with E-state index in [-0.39, 0.29) is 5.09 Å². The first-order valence-corrected chi connectivity index (χ1v) is 11.1. The fourth-order valence-corrected chi connectivity index (χ4v) is 5.57. The van der Waals surface area contributed by atoms with Crippen LogP contribution in [0.3, 0.4) is 0 Å². The van der Waals surface area contributed by atoms with Crippen LogP contribution in [0.2, 0.25) is 0 Å². The van der Waals surface area contributed by atoms with Gasteiger partial charge in [-0.15, -0.1) is 0 Å². The van der Waals surface area contributed by atoms with Gasteiger partial charge < -0.3 is 19.0 Å². The van der Waals surface area contributed by atoms with Crippen molar-refractivity contribution in [2.24, 2.45) is 0 Å². The van der Waals surface area contributed by atoms with Gasteiger partial charge in [-0.1, -0.05) is 0 Å². The fourth-order valence-electron chi connectivity index (χ4n) is 4.12. The maximum absolute atomic E-state index is 12.7. The molecule has 1 fully saturated rings. The van der Waals surface area contributed by atoms with Gasteiger partial charge in [-0.25, -0.2) is 8.42 Å². The van der Waals surface area contributed by atoms with E-state index in [0.717, 1.165) is 24.0 Å². The van der Waals surface area contributed by atoms with E-state index in [1.165, 1.54) is 10.4 Å². The summed E-state index contributed by atoms with van der Waals surface area (Å²) >= 11 is 0. The summed E-state index contributed by atoms with van der Waals surface area (Å²) in [5.74, 6) is 1.85. The highest BCUT2D eigenvalue weighted by Crippen LogP contribution is 2.39. The van der Waals surface area contributed by atoms with E-state index in [1.54, 1.807) is 26.4 Å². The Labute approximate surface area is 170 Å². The number of hydrogen-bond acceptors (Lipinski definition) is 7. The number of methoxy groups -OCH3 is 2. The molecule has 0 spiro atoms. The van der Waals surface area contributed by atoms with Crippen LogP contribution < -0.4 is 9.47 Å². The van der Waals surface area contributed by atoms with Crippen molar-refractivity contribution in [2.45, 2.75) is 37.1 Å². The molecule has 1 aromatic heterocycles. The molecule has 29 heavy (non-hydrogen) atoms. The number of aliphatic hydroxyl groups excluding tert-OH is 1. The van der Waals surface area contributed by atoms with Gasteiger partial charge >= 0.3 is 0 Å². The molecule has 0 radical (unpaired) electrons. The number of rotatable bonds is 6. The minimum absolute atomic E-state index is 0.0217. The number of hydrogen-bond donors (Lipinski definition) is 1. The molecule has 8 nitrogen and oxygen atoms in total. The fraction of sp³-hybridized carbons (Fsp3) is 0.500. The highest BCUT2D eigenvalue weighted by molar-refractivity contribution is 7.89. The average Bonchev–Trinajstić information content (AvgIpc) is 3.40.